The minimum atomic E-state index is -0.448. The van der Waals surface area contributed by atoms with E-state index >= 15 is 0 Å². The number of ether oxygens (including phenoxy) is 2. The van der Waals surface area contributed by atoms with Crippen molar-refractivity contribution in [2.24, 2.45) is 0 Å². The van der Waals surface area contributed by atoms with Crippen LogP contribution in [0.2, 0.25) is 0 Å². The van der Waals surface area contributed by atoms with Gasteiger partial charge >= 0.3 is 0 Å². The fraction of sp³-hybridized carbons (Fsp3) is 0.194. The number of hydrogen-bond donors (Lipinski definition) is 1. The third-order valence-electron chi connectivity index (χ3n) is 6.39. The number of hydrogen-bond acceptors (Lipinski definition) is 5. The summed E-state index contributed by atoms with van der Waals surface area (Å²) in [7, 11) is 0. The van der Waals surface area contributed by atoms with Crippen LogP contribution in [0.5, 0.6) is 5.75 Å². The molecule has 5 rings (SSSR count). The zero-order valence-corrected chi connectivity index (χ0v) is 21.2. The third-order valence-corrected chi connectivity index (χ3v) is 6.39. The first-order valence-corrected chi connectivity index (χ1v) is 12.7. The average Bonchev–Trinajstić information content (AvgIpc) is 3.65. The van der Waals surface area contributed by atoms with Gasteiger partial charge in [0, 0.05) is 30.5 Å². The van der Waals surface area contributed by atoms with Crippen LogP contribution in [-0.4, -0.2) is 34.9 Å². The smallest absolute Gasteiger partial charge is 0.262 e. The molecule has 1 atom stereocenters. The Bertz CT molecular complexity index is 1480. The maximum Gasteiger partial charge on any atom is 0.262 e. The largest absolute Gasteiger partial charge is 0.489 e. The summed E-state index contributed by atoms with van der Waals surface area (Å²) in [6, 6.07) is 25.2. The van der Waals surface area contributed by atoms with E-state index in [2.05, 4.69) is 5.32 Å². The Morgan fingerprint density at radius 3 is 2.59 bits per heavy atom. The summed E-state index contributed by atoms with van der Waals surface area (Å²) in [5.74, 6) is -0.0902. The zero-order chi connectivity index (χ0) is 27.0. The molecule has 1 fully saturated rings. The van der Waals surface area contributed by atoms with E-state index in [0.29, 0.717) is 36.8 Å². The van der Waals surface area contributed by atoms with Gasteiger partial charge < -0.3 is 14.8 Å². The zero-order valence-electron chi connectivity index (χ0n) is 21.2. The molecule has 3 aromatic carbocycles. The highest BCUT2D eigenvalue weighted by atomic mass is 19.1. The van der Waals surface area contributed by atoms with Crippen LogP contribution in [0.4, 0.5) is 4.39 Å². The van der Waals surface area contributed by atoms with Crippen LogP contribution in [0, 0.1) is 17.1 Å². The molecule has 1 amide bonds. The molecular weight excluding hydrogens is 495 g/mol. The summed E-state index contributed by atoms with van der Waals surface area (Å²) in [5.41, 5.74) is 3.73. The van der Waals surface area contributed by atoms with Crippen molar-refractivity contribution in [3.8, 4) is 28.8 Å². The molecule has 1 aromatic heterocycles. The second kappa shape index (κ2) is 12.2. The predicted octanol–water partition coefficient (Wildman–Crippen LogP) is 5.46. The minimum Gasteiger partial charge on any atom is -0.489 e. The number of nitrogens with zero attached hydrogens (tertiary/aromatic N) is 3. The first-order valence-electron chi connectivity index (χ1n) is 12.7. The lowest BCUT2D eigenvalue weighted by molar-refractivity contribution is -0.117. The first-order chi connectivity index (χ1) is 19.1. The monoisotopic (exact) mass is 522 g/mol. The second-order valence-electron chi connectivity index (χ2n) is 9.17. The molecule has 0 saturated carbocycles. The fourth-order valence-electron chi connectivity index (χ4n) is 4.30. The number of carbonyl (C=O) groups excluding carboxylic acids is 1. The highest BCUT2D eigenvalue weighted by Gasteiger charge is 2.19. The number of benzene rings is 3. The van der Waals surface area contributed by atoms with Crippen LogP contribution >= 0.6 is 0 Å². The molecule has 1 aliphatic heterocycles. The van der Waals surface area contributed by atoms with Gasteiger partial charge in [0.05, 0.1) is 17.5 Å². The standard InChI is InChI=1S/C31H27FN4O3/c32-26-12-8-22(9-13-26)21-39-28-14-10-23(11-15-28)30-25(20-36(35-30)27-5-2-1-3-6-27)17-24(18-33)31(37)34-19-29-7-4-16-38-29/h1-3,5-6,8-15,17,20,29H,4,7,16,19,21H2,(H,34,37)/b24-17-. The summed E-state index contributed by atoms with van der Waals surface area (Å²) < 4.78 is 26.3. The number of amides is 1. The third kappa shape index (κ3) is 6.58. The molecule has 2 heterocycles. The molecule has 0 spiro atoms. The lowest BCUT2D eigenvalue weighted by atomic mass is 10.1. The van der Waals surface area contributed by atoms with E-state index in [1.807, 2.05) is 60.7 Å². The molecule has 1 aliphatic rings. The number of nitriles is 1. The number of nitrogens with one attached hydrogen (secondary N) is 1. The molecule has 0 aliphatic carbocycles. The van der Waals surface area contributed by atoms with Gasteiger partial charge in [0.25, 0.3) is 5.91 Å². The Morgan fingerprint density at radius 2 is 1.90 bits per heavy atom. The summed E-state index contributed by atoms with van der Waals surface area (Å²) in [6.45, 7) is 1.37. The summed E-state index contributed by atoms with van der Waals surface area (Å²) in [5, 5.41) is 17.3. The van der Waals surface area contributed by atoms with Crippen molar-refractivity contribution < 1.29 is 18.7 Å². The Labute approximate surface area is 226 Å². The Hall–Kier alpha value is -4.74. The van der Waals surface area contributed by atoms with E-state index < -0.39 is 5.91 Å². The number of para-hydroxylation sites is 1. The molecule has 8 heteroatoms. The van der Waals surface area contributed by atoms with Gasteiger partial charge in [0.1, 0.15) is 29.8 Å². The van der Waals surface area contributed by atoms with Crippen molar-refractivity contribution in [2.75, 3.05) is 13.2 Å². The van der Waals surface area contributed by atoms with Crippen molar-refractivity contribution in [1.29, 1.82) is 5.26 Å². The van der Waals surface area contributed by atoms with E-state index in [9.17, 15) is 14.4 Å². The van der Waals surface area contributed by atoms with Gasteiger partial charge in [-0.25, -0.2) is 9.07 Å². The topological polar surface area (TPSA) is 89.2 Å². The number of halogens is 1. The van der Waals surface area contributed by atoms with Crippen molar-refractivity contribution in [1.82, 2.24) is 15.1 Å². The summed E-state index contributed by atoms with van der Waals surface area (Å²) in [4.78, 5) is 12.8. The van der Waals surface area contributed by atoms with Crippen LogP contribution in [0.25, 0.3) is 23.0 Å². The minimum absolute atomic E-state index is 0.0129. The first kappa shape index (κ1) is 25.9. The second-order valence-corrected chi connectivity index (χ2v) is 9.17. The normalized spacial score (nSPS) is 15.1. The predicted molar refractivity (Wildman–Crippen MR) is 145 cm³/mol. The van der Waals surface area contributed by atoms with Crippen LogP contribution < -0.4 is 10.1 Å². The van der Waals surface area contributed by atoms with Gasteiger partial charge in [0.2, 0.25) is 0 Å². The molecule has 7 nitrogen and oxygen atoms in total. The van der Waals surface area contributed by atoms with Crippen LogP contribution in [0.1, 0.15) is 24.0 Å². The van der Waals surface area contributed by atoms with Crippen LogP contribution in [-0.2, 0) is 16.1 Å². The maximum atomic E-state index is 13.1. The highest BCUT2D eigenvalue weighted by Crippen LogP contribution is 2.28. The van der Waals surface area contributed by atoms with Gasteiger partial charge in [-0.2, -0.15) is 10.4 Å². The number of aromatic nitrogens is 2. The van der Waals surface area contributed by atoms with Gasteiger partial charge in [-0.15, -0.1) is 0 Å². The molecule has 1 saturated heterocycles. The fourth-order valence-corrected chi connectivity index (χ4v) is 4.30. The van der Waals surface area contributed by atoms with Gasteiger partial charge in [0.15, 0.2) is 0 Å². The molecular formula is C31H27FN4O3. The summed E-state index contributed by atoms with van der Waals surface area (Å²) in [6.07, 6.45) is 5.21. The summed E-state index contributed by atoms with van der Waals surface area (Å²) >= 11 is 0. The number of carbonyl (C=O) groups is 1. The SMILES string of the molecule is N#C/C(=C/c1cn(-c2ccccc2)nc1-c1ccc(OCc2ccc(F)cc2)cc1)C(=O)NCC1CCCO1. The molecule has 0 bridgehead atoms. The van der Waals surface area contributed by atoms with E-state index in [1.165, 1.54) is 12.1 Å². The molecule has 1 unspecified atom stereocenters. The van der Waals surface area contributed by atoms with Gasteiger partial charge in [-0.1, -0.05) is 30.3 Å². The quantitative estimate of drug-likeness (QED) is 0.233. The molecule has 0 radical (unpaired) electrons. The van der Waals surface area contributed by atoms with Gasteiger partial charge in [-0.3, -0.25) is 4.79 Å². The Morgan fingerprint density at radius 1 is 1.13 bits per heavy atom. The lowest BCUT2D eigenvalue weighted by Crippen LogP contribution is -2.32. The van der Waals surface area contributed by atoms with Crippen molar-refractivity contribution in [3.63, 3.8) is 0 Å². The van der Waals surface area contributed by atoms with E-state index in [-0.39, 0.29) is 17.5 Å². The number of rotatable bonds is 9. The maximum absolute atomic E-state index is 13.1. The Kier molecular flexibility index (Phi) is 8.10. The van der Waals surface area contributed by atoms with E-state index in [1.54, 1.807) is 29.1 Å². The Balaban J connectivity index is 1.39. The average molecular weight is 523 g/mol. The lowest BCUT2D eigenvalue weighted by Gasteiger charge is -2.10. The van der Waals surface area contributed by atoms with Crippen molar-refractivity contribution in [2.45, 2.75) is 25.6 Å². The highest BCUT2D eigenvalue weighted by molar-refractivity contribution is 6.02. The van der Waals surface area contributed by atoms with Crippen LogP contribution in [0.3, 0.4) is 0 Å². The van der Waals surface area contributed by atoms with Crippen molar-refractivity contribution in [3.05, 3.63) is 108 Å². The molecule has 196 valence electrons. The van der Waals surface area contributed by atoms with E-state index in [4.69, 9.17) is 14.6 Å². The van der Waals surface area contributed by atoms with Crippen LogP contribution in [0.15, 0.2) is 90.6 Å². The van der Waals surface area contributed by atoms with Crippen molar-refractivity contribution >= 4 is 12.0 Å². The van der Waals surface area contributed by atoms with E-state index in [0.717, 1.165) is 29.7 Å². The molecule has 4 aromatic rings. The molecule has 39 heavy (non-hydrogen) atoms. The van der Waals surface area contributed by atoms with Gasteiger partial charge in [-0.05, 0) is 73.0 Å². The molecule has 1 N–H and O–H groups in total.